The highest BCUT2D eigenvalue weighted by molar-refractivity contribution is 6.30. The third-order valence-corrected chi connectivity index (χ3v) is 2.61. The molecule has 76 valence electrons. The van der Waals surface area contributed by atoms with E-state index in [9.17, 15) is 4.39 Å². The molecular weight excluding hydrogens is 203 g/mol. The van der Waals surface area contributed by atoms with Gasteiger partial charge >= 0.3 is 0 Å². The number of nitrogens with one attached hydrogen (secondary N) is 2. The second kappa shape index (κ2) is 4.26. The number of halogens is 2. The summed E-state index contributed by atoms with van der Waals surface area (Å²) in [5.41, 5.74) is 0.643. The SMILES string of the molecule is Fc1ccc(Cl)cc1[C@H]1CNCCN1. The average Bonchev–Trinajstić information content (AvgIpc) is 2.23. The Hall–Kier alpha value is -0.640. The van der Waals surface area contributed by atoms with Crippen molar-refractivity contribution in [2.24, 2.45) is 0 Å². The Balaban J connectivity index is 2.24. The molecular formula is C10H12ClFN2. The van der Waals surface area contributed by atoms with E-state index in [-0.39, 0.29) is 11.9 Å². The summed E-state index contributed by atoms with van der Waals surface area (Å²) >= 11 is 5.82. The van der Waals surface area contributed by atoms with Gasteiger partial charge in [0.2, 0.25) is 0 Å². The van der Waals surface area contributed by atoms with Crippen molar-refractivity contribution < 1.29 is 4.39 Å². The Labute approximate surface area is 87.5 Å². The molecule has 0 spiro atoms. The van der Waals surface area contributed by atoms with Gasteiger partial charge in [0, 0.05) is 36.3 Å². The van der Waals surface area contributed by atoms with Crippen LogP contribution in [0, 0.1) is 5.82 Å². The van der Waals surface area contributed by atoms with Gasteiger partial charge in [0.05, 0.1) is 0 Å². The molecule has 0 amide bonds. The first kappa shape index (κ1) is 9.90. The van der Waals surface area contributed by atoms with E-state index < -0.39 is 0 Å². The summed E-state index contributed by atoms with van der Waals surface area (Å²) in [4.78, 5) is 0. The number of rotatable bonds is 1. The molecule has 0 unspecified atom stereocenters. The van der Waals surface area contributed by atoms with Crippen LogP contribution in [-0.2, 0) is 0 Å². The Kier molecular flexibility index (Phi) is 3.01. The minimum atomic E-state index is -0.199. The summed E-state index contributed by atoms with van der Waals surface area (Å²) in [6, 6.07) is 4.69. The lowest BCUT2D eigenvalue weighted by atomic mass is 10.1. The van der Waals surface area contributed by atoms with Crippen molar-refractivity contribution in [3.63, 3.8) is 0 Å². The molecule has 2 rings (SSSR count). The molecule has 1 atom stereocenters. The third kappa shape index (κ3) is 2.05. The van der Waals surface area contributed by atoms with Crippen molar-refractivity contribution in [3.8, 4) is 0 Å². The molecule has 0 saturated carbocycles. The normalized spacial score (nSPS) is 22.3. The summed E-state index contributed by atoms with van der Waals surface area (Å²) in [6.07, 6.45) is 0. The summed E-state index contributed by atoms with van der Waals surface area (Å²) < 4.78 is 13.4. The van der Waals surface area contributed by atoms with Gasteiger partial charge in [-0.25, -0.2) is 4.39 Å². The van der Waals surface area contributed by atoms with E-state index in [2.05, 4.69) is 10.6 Å². The van der Waals surface area contributed by atoms with Gasteiger partial charge in [-0.2, -0.15) is 0 Å². The van der Waals surface area contributed by atoms with Crippen LogP contribution in [0.3, 0.4) is 0 Å². The van der Waals surface area contributed by atoms with Gasteiger partial charge < -0.3 is 10.6 Å². The van der Waals surface area contributed by atoms with Gasteiger partial charge in [0.15, 0.2) is 0 Å². The lowest BCUT2D eigenvalue weighted by Gasteiger charge is -2.25. The lowest BCUT2D eigenvalue weighted by molar-refractivity contribution is 0.417. The number of piperazine rings is 1. The monoisotopic (exact) mass is 214 g/mol. The Bertz CT molecular complexity index is 324. The van der Waals surface area contributed by atoms with Gasteiger partial charge in [0.1, 0.15) is 5.82 Å². The highest BCUT2D eigenvalue weighted by Crippen LogP contribution is 2.21. The van der Waals surface area contributed by atoms with Crippen molar-refractivity contribution in [1.82, 2.24) is 10.6 Å². The van der Waals surface area contributed by atoms with Crippen LogP contribution in [0.2, 0.25) is 5.02 Å². The Morgan fingerprint density at radius 1 is 1.36 bits per heavy atom. The van der Waals surface area contributed by atoms with Crippen LogP contribution in [0.5, 0.6) is 0 Å². The Morgan fingerprint density at radius 3 is 2.93 bits per heavy atom. The zero-order valence-electron chi connectivity index (χ0n) is 7.69. The molecule has 1 saturated heterocycles. The van der Waals surface area contributed by atoms with Crippen LogP contribution in [0.15, 0.2) is 18.2 Å². The second-order valence-corrected chi connectivity index (χ2v) is 3.81. The number of benzene rings is 1. The summed E-state index contributed by atoms with van der Waals surface area (Å²) in [6.45, 7) is 2.53. The minimum Gasteiger partial charge on any atom is -0.314 e. The predicted octanol–water partition coefficient (Wildman–Crippen LogP) is 1.71. The van der Waals surface area contributed by atoms with E-state index in [1.165, 1.54) is 6.07 Å². The van der Waals surface area contributed by atoms with E-state index in [4.69, 9.17) is 11.6 Å². The smallest absolute Gasteiger partial charge is 0.128 e. The number of hydrogen-bond acceptors (Lipinski definition) is 2. The van der Waals surface area contributed by atoms with Crippen molar-refractivity contribution in [2.75, 3.05) is 19.6 Å². The molecule has 4 heteroatoms. The van der Waals surface area contributed by atoms with E-state index in [0.717, 1.165) is 19.6 Å². The topological polar surface area (TPSA) is 24.1 Å². The molecule has 2 N–H and O–H groups in total. The highest BCUT2D eigenvalue weighted by atomic mass is 35.5. The predicted molar refractivity (Wildman–Crippen MR) is 55.0 cm³/mol. The first-order valence-corrected chi connectivity index (χ1v) is 5.04. The first-order chi connectivity index (χ1) is 6.77. The molecule has 0 aliphatic carbocycles. The molecule has 0 aromatic heterocycles. The van der Waals surface area contributed by atoms with E-state index in [1.807, 2.05) is 0 Å². The molecule has 2 nitrogen and oxygen atoms in total. The minimum absolute atomic E-state index is 0.0300. The fraction of sp³-hybridized carbons (Fsp3) is 0.400. The number of hydrogen-bond donors (Lipinski definition) is 2. The van der Waals surface area contributed by atoms with Crippen molar-refractivity contribution >= 4 is 11.6 Å². The molecule has 1 aromatic rings. The summed E-state index contributed by atoms with van der Waals surface area (Å²) in [7, 11) is 0. The quantitative estimate of drug-likeness (QED) is 0.744. The maximum atomic E-state index is 13.4. The standard InChI is InChI=1S/C10H12ClFN2/c11-7-1-2-9(12)8(5-7)10-6-13-3-4-14-10/h1-2,5,10,13-14H,3-4,6H2/t10-/m1/s1. The van der Waals surface area contributed by atoms with Gasteiger partial charge in [-0.05, 0) is 18.2 Å². The van der Waals surface area contributed by atoms with Gasteiger partial charge in [-0.15, -0.1) is 0 Å². The molecule has 0 bridgehead atoms. The van der Waals surface area contributed by atoms with Crippen molar-refractivity contribution in [2.45, 2.75) is 6.04 Å². The summed E-state index contributed by atoms with van der Waals surface area (Å²) in [5, 5.41) is 7.03. The molecule has 1 aromatic carbocycles. The molecule has 1 heterocycles. The summed E-state index contributed by atoms with van der Waals surface area (Å²) in [5.74, 6) is -0.199. The maximum absolute atomic E-state index is 13.4. The van der Waals surface area contributed by atoms with Crippen molar-refractivity contribution in [3.05, 3.63) is 34.6 Å². The molecule has 0 radical (unpaired) electrons. The lowest BCUT2D eigenvalue weighted by Crippen LogP contribution is -2.42. The highest BCUT2D eigenvalue weighted by Gasteiger charge is 2.17. The van der Waals surface area contributed by atoms with Crippen molar-refractivity contribution in [1.29, 1.82) is 0 Å². The largest absolute Gasteiger partial charge is 0.314 e. The average molecular weight is 215 g/mol. The van der Waals surface area contributed by atoms with Crippen LogP contribution in [0.25, 0.3) is 0 Å². The first-order valence-electron chi connectivity index (χ1n) is 4.66. The third-order valence-electron chi connectivity index (χ3n) is 2.37. The van der Waals surface area contributed by atoms with Gasteiger partial charge in [-0.3, -0.25) is 0 Å². The van der Waals surface area contributed by atoms with E-state index in [1.54, 1.807) is 12.1 Å². The van der Waals surface area contributed by atoms with Gasteiger partial charge in [0.25, 0.3) is 0 Å². The zero-order chi connectivity index (χ0) is 9.97. The second-order valence-electron chi connectivity index (χ2n) is 3.38. The van der Waals surface area contributed by atoms with Gasteiger partial charge in [-0.1, -0.05) is 11.6 Å². The molecule has 1 aliphatic heterocycles. The van der Waals surface area contributed by atoms with Crippen LogP contribution in [0.1, 0.15) is 11.6 Å². The molecule has 14 heavy (non-hydrogen) atoms. The maximum Gasteiger partial charge on any atom is 0.128 e. The van der Waals surface area contributed by atoms with E-state index >= 15 is 0 Å². The van der Waals surface area contributed by atoms with Crippen LogP contribution < -0.4 is 10.6 Å². The van der Waals surface area contributed by atoms with E-state index in [0.29, 0.717) is 10.6 Å². The van der Waals surface area contributed by atoms with Crippen LogP contribution in [0.4, 0.5) is 4.39 Å². The molecule has 1 fully saturated rings. The van der Waals surface area contributed by atoms with Crippen LogP contribution in [-0.4, -0.2) is 19.6 Å². The fourth-order valence-corrected chi connectivity index (χ4v) is 1.84. The zero-order valence-corrected chi connectivity index (χ0v) is 8.44. The Morgan fingerprint density at radius 2 is 2.21 bits per heavy atom. The fourth-order valence-electron chi connectivity index (χ4n) is 1.65. The molecule has 1 aliphatic rings. The van der Waals surface area contributed by atoms with Crippen LogP contribution >= 0.6 is 11.6 Å².